The molecule has 8 N–H and O–H groups in total. The summed E-state index contributed by atoms with van der Waals surface area (Å²) in [6.07, 6.45) is 0.545. The van der Waals surface area contributed by atoms with Gasteiger partial charge in [0, 0.05) is 70.0 Å². The Kier molecular flexibility index (Phi) is 20.4. The fourth-order valence-corrected chi connectivity index (χ4v) is 10.0. The first-order valence-corrected chi connectivity index (χ1v) is 23.7. The van der Waals surface area contributed by atoms with Gasteiger partial charge in [-0.1, -0.05) is 31.2 Å². The number of methoxy groups -OCH3 is 2. The summed E-state index contributed by atoms with van der Waals surface area (Å²) in [6, 6.07) is 5.79. The molecule has 2 fully saturated rings. The molecule has 20 heteroatoms. The van der Waals surface area contributed by atoms with Gasteiger partial charge in [0.25, 0.3) is 0 Å². The minimum Gasteiger partial charge on any atom is -0.448 e. The Morgan fingerprint density at radius 1 is 1.14 bits per heavy atom. The number of esters is 1. The number of nitrogens with two attached hydrogens (primary N) is 2. The zero-order chi connectivity index (χ0) is 48.6. The largest absolute Gasteiger partial charge is 0.448 e. The number of hydrogen-bond acceptors (Lipinski definition) is 17. The van der Waals surface area contributed by atoms with Gasteiger partial charge in [-0.15, -0.1) is 5.10 Å². The summed E-state index contributed by atoms with van der Waals surface area (Å²) in [5.41, 5.74) is 5.60. The van der Waals surface area contributed by atoms with Crippen LogP contribution in [0.2, 0.25) is 0 Å². The second kappa shape index (κ2) is 24.1. The van der Waals surface area contributed by atoms with Gasteiger partial charge in [0.1, 0.15) is 36.2 Å². The molecule has 0 saturated carbocycles. The third-order valence-electron chi connectivity index (χ3n) is 13.3. The fourth-order valence-electron chi connectivity index (χ4n) is 9.42. The van der Waals surface area contributed by atoms with Crippen LogP contribution < -0.4 is 11.6 Å². The van der Waals surface area contributed by atoms with Crippen molar-refractivity contribution in [2.75, 3.05) is 48.1 Å². The van der Waals surface area contributed by atoms with Crippen LogP contribution in [-0.4, -0.2) is 168 Å². The highest BCUT2D eigenvalue weighted by Gasteiger charge is 2.49. The Bertz CT molecular complexity index is 1810. The fraction of sp³-hybridized carbons (Fsp3) is 0.756. The summed E-state index contributed by atoms with van der Waals surface area (Å²) in [5.74, 6) is 4.35. The smallest absolute Gasteiger partial charge is 0.312 e. The molecule has 0 radical (unpaired) electrons. The van der Waals surface area contributed by atoms with Crippen molar-refractivity contribution in [1.82, 2.24) is 29.8 Å². The molecule has 0 spiro atoms. The molecule has 1 aromatic heterocycles. The van der Waals surface area contributed by atoms with Crippen LogP contribution in [0.5, 0.6) is 0 Å². The Morgan fingerprint density at radius 3 is 2.38 bits per heavy atom. The number of aliphatic hydroxyl groups is 4. The summed E-state index contributed by atoms with van der Waals surface area (Å²) >= 11 is 1.85. The third-order valence-corrected chi connectivity index (χ3v) is 14.8. The second-order valence-electron chi connectivity index (χ2n) is 18.8. The number of benzene rings is 1. The molecule has 2 aliphatic heterocycles. The highest BCUT2D eigenvalue weighted by molar-refractivity contribution is 14.1. The first-order chi connectivity index (χ1) is 30.5. The number of aromatic nitrogens is 3. The predicted molar refractivity (Wildman–Crippen MR) is 251 cm³/mol. The number of hydrazine groups is 1. The van der Waals surface area contributed by atoms with Gasteiger partial charge >= 0.3 is 5.97 Å². The molecule has 65 heavy (non-hydrogen) atoms. The second-order valence-corrected chi connectivity index (χ2v) is 20.0. The zero-order valence-electron chi connectivity index (χ0n) is 40.0. The molecule has 1 aromatic carbocycles. The zero-order valence-corrected chi connectivity index (χ0v) is 42.1. The maximum absolute atomic E-state index is 14.7. The summed E-state index contributed by atoms with van der Waals surface area (Å²) in [5, 5.41) is 53.6. The summed E-state index contributed by atoms with van der Waals surface area (Å²) < 4.78 is 45.9. The number of carbonyl (C=O) groups is 1. The Morgan fingerprint density at radius 2 is 1.80 bits per heavy atom. The van der Waals surface area contributed by atoms with E-state index in [2.05, 4.69) is 15.2 Å². The summed E-state index contributed by atoms with van der Waals surface area (Å²) in [6.45, 7) is 12.6. The molecule has 4 rings (SSSR count). The molecule has 2 aliphatic rings. The van der Waals surface area contributed by atoms with E-state index in [1.54, 1.807) is 51.2 Å². The lowest BCUT2D eigenvalue weighted by molar-refractivity contribution is -0.268. The van der Waals surface area contributed by atoms with E-state index in [1.165, 1.54) is 37.0 Å². The van der Waals surface area contributed by atoms with E-state index < -0.39 is 82.6 Å². The Hall–Kier alpha value is -2.61. The highest BCUT2D eigenvalue weighted by Crippen LogP contribution is 2.38. The van der Waals surface area contributed by atoms with Crippen molar-refractivity contribution in [3.8, 4) is 5.69 Å². The average molecular weight is 1040 g/mol. The number of carbonyl (C=O) groups excluding carboxylic acids is 1. The molecule has 0 aliphatic carbocycles. The number of rotatable bonds is 15. The van der Waals surface area contributed by atoms with Gasteiger partial charge in [0.15, 0.2) is 10.4 Å². The van der Waals surface area contributed by atoms with Crippen molar-refractivity contribution in [3.05, 3.63) is 53.6 Å². The van der Waals surface area contributed by atoms with E-state index in [0.717, 1.165) is 0 Å². The molecule has 0 amide bonds. The van der Waals surface area contributed by atoms with Crippen LogP contribution in [-0.2, 0) is 35.1 Å². The monoisotopic (exact) mass is 1030 g/mol. The van der Waals surface area contributed by atoms with E-state index >= 15 is 0 Å². The first-order valence-electron chi connectivity index (χ1n) is 22.4. The van der Waals surface area contributed by atoms with Crippen molar-refractivity contribution >= 4 is 28.6 Å². The molecule has 3 heterocycles. The van der Waals surface area contributed by atoms with E-state index in [4.69, 9.17) is 35.3 Å². The molecule has 18 nitrogen and oxygen atoms in total. The molecule has 2 saturated heterocycles. The molecule has 370 valence electrons. The normalized spacial score (nSPS) is 35.0. The van der Waals surface area contributed by atoms with Crippen molar-refractivity contribution in [3.63, 3.8) is 0 Å². The van der Waals surface area contributed by atoms with Crippen LogP contribution in [0.25, 0.3) is 5.69 Å². The van der Waals surface area contributed by atoms with Gasteiger partial charge in [-0.2, -0.15) is 0 Å². The maximum Gasteiger partial charge on any atom is 0.312 e. The number of likely N-dealkylation sites (N-methyl/N-ethyl adjacent to an activating group) is 1. The van der Waals surface area contributed by atoms with E-state index in [1.807, 2.05) is 62.4 Å². The lowest BCUT2D eigenvalue weighted by Gasteiger charge is -2.45. The quantitative estimate of drug-likeness (QED) is 0.0494. The summed E-state index contributed by atoms with van der Waals surface area (Å²) in [7, 11) is 6.84. The minimum absolute atomic E-state index is 0.00113. The lowest BCUT2D eigenvalue weighted by Crippen LogP contribution is -2.57. The lowest BCUT2D eigenvalue weighted by atomic mass is 9.78. The van der Waals surface area contributed by atoms with Gasteiger partial charge in [0.2, 0.25) is 0 Å². The van der Waals surface area contributed by atoms with E-state index in [0.29, 0.717) is 61.4 Å². The number of hydrogen-bond donors (Lipinski definition) is 6. The molecule has 0 bridgehead atoms. The molecule has 15 atom stereocenters. The predicted octanol–water partition coefficient (Wildman–Crippen LogP) is 3.18. The van der Waals surface area contributed by atoms with Crippen LogP contribution in [0.3, 0.4) is 0 Å². The number of nitrogens with zero attached hydrogens (tertiary/aromatic N) is 6. The van der Waals surface area contributed by atoms with Gasteiger partial charge in [-0.25, -0.2) is 14.9 Å². The van der Waals surface area contributed by atoms with Crippen molar-refractivity contribution < 1.29 is 53.3 Å². The topological polar surface area (TPSA) is 237 Å². The number of halogens is 2. The molecular weight excluding hydrogens is 958 g/mol. The van der Waals surface area contributed by atoms with Crippen LogP contribution >= 0.6 is 22.6 Å². The standard InChI is InChI=1S/C45H76FIN8O10/c1-26-20-44(6,59)41(28(3)38(61-10)29(4)42(58)65-43(47)45(7,60)40(57)30(5)53(9)22-26)64-37-19-35(18-27(2)63-37)52(8)17-16-32(48)23-54(49)36(21-46)39(62-11)31-12-14-34(15-13-31)55-24-33(25-56)50-51-55/h12-15,23-24,26-30,35-41,43,56-57,59-60H,16-22,25,48-49H2,1-11H3/b32-23-/t26-,27-,28+,29-,30-,35+,36-,37+,38+,39-,40-,41-,43+,44-,45+/m1/s1. The molecule has 2 aromatic rings. The van der Waals surface area contributed by atoms with Crippen molar-refractivity contribution in [1.29, 1.82) is 0 Å². The minimum atomic E-state index is -1.76. The maximum atomic E-state index is 14.7. The van der Waals surface area contributed by atoms with Gasteiger partial charge in [-0.05, 0) is 108 Å². The average Bonchev–Trinajstić information content (AvgIpc) is 3.74. The number of ether oxygens (including phenoxy) is 5. The van der Waals surface area contributed by atoms with E-state index in [9.17, 15) is 29.6 Å². The number of aliphatic hydroxyl groups excluding tert-OH is 2. The van der Waals surface area contributed by atoms with E-state index in [-0.39, 0.29) is 24.7 Å². The van der Waals surface area contributed by atoms with Crippen molar-refractivity contribution in [2.24, 2.45) is 29.3 Å². The van der Waals surface area contributed by atoms with Crippen LogP contribution in [0.1, 0.15) is 91.5 Å². The Labute approximate surface area is 397 Å². The molecule has 0 unspecified atom stereocenters. The van der Waals surface area contributed by atoms with Crippen LogP contribution in [0, 0.1) is 17.8 Å². The first kappa shape index (κ1) is 55.0. The van der Waals surface area contributed by atoms with Gasteiger partial charge in [-0.3, -0.25) is 4.79 Å². The molecular formula is C45H76FIN8O10. The third kappa shape index (κ3) is 14.0. The SMILES string of the molecule is CO[C@H]1[C@H](C)[C@@H](O[C@H]2C[C@@H](N(C)CC/C(N)=C/N(N)[C@H](CF)[C@H](OC)c3ccc(-n4cc(CO)nn4)cc3)C[C@@H](C)O2)[C@](C)(O)C[C@@H](C)CN(C)[C@H](C)[C@@H](O)[C@](C)(O)[C@@H](I)OC(=O)[C@@H]1C. The van der Waals surface area contributed by atoms with Crippen molar-refractivity contribution in [2.45, 2.75) is 151 Å². The summed E-state index contributed by atoms with van der Waals surface area (Å²) in [4.78, 5) is 17.8. The van der Waals surface area contributed by atoms with Crippen LogP contribution in [0.4, 0.5) is 4.39 Å². The highest BCUT2D eigenvalue weighted by atomic mass is 127. The Balaban J connectivity index is 1.48. The van der Waals surface area contributed by atoms with Gasteiger partial charge < -0.3 is 64.7 Å². The number of alkyl halides is 2. The van der Waals surface area contributed by atoms with Crippen LogP contribution in [0.15, 0.2) is 42.4 Å². The number of cyclic esters (lactones) is 1. The van der Waals surface area contributed by atoms with Gasteiger partial charge in [0.05, 0.1) is 48.3 Å².